The summed E-state index contributed by atoms with van der Waals surface area (Å²) in [6.45, 7) is 4.25. The second kappa shape index (κ2) is 2.46. The van der Waals surface area contributed by atoms with Crippen molar-refractivity contribution in [2.45, 2.75) is 19.8 Å². The van der Waals surface area contributed by atoms with Crippen molar-refractivity contribution < 1.29 is 4.79 Å². The summed E-state index contributed by atoms with van der Waals surface area (Å²) < 4.78 is 0. The van der Waals surface area contributed by atoms with E-state index in [4.69, 9.17) is 5.73 Å². The zero-order chi connectivity index (χ0) is 8.77. The van der Waals surface area contributed by atoms with Crippen LogP contribution in [0.15, 0.2) is 0 Å². The predicted molar refractivity (Wildman–Crippen MR) is 46.4 cm³/mol. The third-order valence-electron chi connectivity index (χ3n) is 3.76. The Bertz CT molecular complexity index is 209. The van der Waals surface area contributed by atoms with Crippen LogP contribution in [0.4, 0.5) is 0 Å². The van der Waals surface area contributed by atoms with E-state index in [0.717, 1.165) is 25.9 Å². The minimum atomic E-state index is -0.0931. The molecule has 1 saturated carbocycles. The second-order valence-electron chi connectivity index (χ2n) is 4.15. The Hall–Kier alpha value is -0.570. The average molecular weight is 168 g/mol. The minimum absolute atomic E-state index is 0.0931. The van der Waals surface area contributed by atoms with E-state index in [1.807, 2.05) is 0 Å². The monoisotopic (exact) mass is 168 g/mol. The van der Waals surface area contributed by atoms with Gasteiger partial charge in [0.2, 0.25) is 5.91 Å². The summed E-state index contributed by atoms with van der Waals surface area (Å²) in [5.74, 6) is 0.598. The predicted octanol–water partition coefficient (Wildman–Crippen LogP) is 0.107. The SMILES string of the molecule is CC1C(C(N)=O)C12CCNCC2. The van der Waals surface area contributed by atoms with E-state index in [1.165, 1.54) is 0 Å². The first-order valence-electron chi connectivity index (χ1n) is 4.68. The molecule has 0 aromatic carbocycles. The summed E-state index contributed by atoms with van der Waals surface area (Å²) >= 11 is 0. The van der Waals surface area contributed by atoms with Gasteiger partial charge in [-0.2, -0.15) is 0 Å². The molecule has 3 nitrogen and oxygen atoms in total. The van der Waals surface area contributed by atoms with E-state index >= 15 is 0 Å². The third-order valence-corrected chi connectivity index (χ3v) is 3.76. The van der Waals surface area contributed by atoms with Crippen LogP contribution < -0.4 is 11.1 Å². The highest BCUT2D eigenvalue weighted by Gasteiger charge is 2.64. The molecule has 1 aliphatic carbocycles. The quantitative estimate of drug-likeness (QED) is 0.583. The molecule has 3 N–H and O–H groups in total. The molecular formula is C9H16N2O. The molecule has 2 fully saturated rings. The number of carbonyl (C=O) groups excluding carboxylic acids is 1. The number of nitrogens with one attached hydrogen (secondary N) is 1. The highest BCUT2D eigenvalue weighted by atomic mass is 16.1. The topological polar surface area (TPSA) is 55.1 Å². The molecule has 0 aromatic rings. The van der Waals surface area contributed by atoms with Gasteiger partial charge in [0.15, 0.2) is 0 Å². The Morgan fingerprint density at radius 1 is 1.50 bits per heavy atom. The largest absolute Gasteiger partial charge is 0.369 e. The van der Waals surface area contributed by atoms with Gasteiger partial charge in [-0.3, -0.25) is 4.79 Å². The summed E-state index contributed by atoms with van der Waals surface area (Å²) in [6.07, 6.45) is 2.25. The number of carbonyl (C=O) groups is 1. The number of amides is 1. The van der Waals surface area contributed by atoms with E-state index < -0.39 is 0 Å². The minimum Gasteiger partial charge on any atom is -0.369 e. The molecular weight excluding hydrogens is 152 g/mol. The zero-order valence-electron chi connectivity index (χ0n) is 7.47. The van der Waals surface area contributed by atoms with Crippen LogP contribution in [0.1, 0.15) is 19.8 Å². The summed E-state index contributed by atoms with van der Waals surface area (Å²) in [7, 11) is 0. The fourth-order valence-corrected chi connectivity index (χ4v) is 2.89. The van der Waals surface area contributed by atoms with Gasteiger partial charge in [-0.05, 0) is 37.3 Å². The molecule has 2 aliphatic rings. The molecule has 12 heavy (non-hydrogen) atoms. The molecule has 3 heteroatoms. The van der Waals surface area contributed by atoms with Crippen LogP contribution in [0.25, 0.3) is 0 Å². The lowest BCUT2D eigenvalue weighted by atomic mass is 9.90. The molecule has 1 spiro atoms. The van der Waals surface area contributed by atoms with Gasteiger partial charge in [-0.1, -0.05) is 6.92 Å². The first-order valence-corrected chi connectivity index (χ1v) is 4.68. The fraction of sp³-hybridized carbons (Fsp3) is 0.889. The maximum absolute atomic E-state index is 11.0. The maximum atomic E-state index is 11.0. The third kappa shape index (κ3) is 0.891. The van der Waals surface area contributed by atoms with E-state index in [2.05, 4.69) is 12.2 Å². The Morgan fingerprint density at radius 2 is 2.08 bits per heavy atom. The van der Waals surface area contributed by atoms with E-state index in [0.29, 0.717) is 5.92 Å². The first kappa shape index (κ1) is 8.05. The number of piperidine rings is 1. The van der Waals surface area contributed by atoms with Gasteiger partial charge in [0.1, 0.15) is 0 Å². The van der Waals surface area contributed by atoms with E-state index in [9.17, 15) is 4.79 Å². The lowest BCUT2D eigenvalue weighted by Gasteiger charge is -2.23. The van der Waals surface area contributed by atoms with Crippen LogP contribution in [0.5, 0.6) is 0 Å². The fourth-order valence-electron chi connectivity index (χ4n) is 2.89. The van der Waals surface area contributed by atoms with Crippen LogP contribution in [0.3, 0.4) is 0 Å². The smallest absolute Gasteiger partial charge is 0.221 e. The van der Waals surface area contributed by atoms with Gasteiger partial charge in [-0.25, -0.2) is 0 Å². The second-order valence-corrected chi connectivity index (χ2v) is 4.15. The van der Waals surface area contributed by atoms with Crippen molar-refractivity contribution in [1.82, 2.24) is 5.32 Å². The molecule has 2 atom stereocenters. The summed E-state index contributed by atoms with van der Waals surface area (Å²) in [5.41, 5.74) is 5.62. The number of rotatable bonds is 1. The van der Waals surface area contributed by atoms with Crippen molar-refractivity contribution >= 4 is 5.91 Å². The zero-order valence-corrected chi connectivity index (χ0v) is 7.47. The molecule has 0 radical (unpaired) electrons. The standard InChI is InChI=1S/C9H16N2O/c1-6-7(8(10)12)9(6)2-4-11-5-3-9/h6-7,11H,2-5H2,1H3,(H2,10,12). The molecule has 68 valence electrons. The number of hydrogen-bond donors (Lipinski definition) is 2. The van der Waals surface area contributed by atoms with Crippen LogP contribution in [-0.4, -0.2) is 19.0 Å². The molecule has 2 rings (SSSR count). The Balaban J connectivity index is 2.08. The van der Waals surface area contributed by atoms with Crippen molar-refractivity contribution in [3.63, 3.8) is 0 Å². The highest BCUT2D eigenvalue weighted by Crippen LogP contribution is 2.63. The summed E-state index contributed by atoms with van der Waals surface area (Å²) in [5, 5.41) is 3.31. The van der Waals surface area contributed by atoms with E-state index in [1.54, 1.807) is 0 Å². The lowest BCUT2D eigenvalue weighted by molar-refractivity contribution is -0.120. The molecule has 2 unspecified atom stereocenters. The van der Waals surface area contributed by atoms with Gasteiger partial charge < -0.3 is 11.1 Å². The molecule has 0 bridgehead atoms. The van der Waals surface area contributed by atoms with Crippen LogP contribution in [0, 0.1) is 17.3 Å². The van der Waals surface area contributed by atoms with Crippen molar-refractivity contribution in [1.29, 1.82) is 0 Å². The maximum Gasteiger partial charge on any atom is 0.221 e. The van der Waals surface area contributed by atoms with Crippen molar-refractivity contribution in [3.05, 3.63) is 0 Å². The normalized spacial score (nSPS) is 38.1. The van der Waals surface area contributed by atoms with Gasteiger partial charge in [-0.15, -0.1) is 0 Å². The lowest BCUT2D eigenvalue weighted by Crippen LogP contribution is -2.32. The van der Waals surface area contributed by atoms with Crippen LogP contribution >= 0.6 is 0 Å². The van der Waals surface area contributed by atoms with Crippen molar-refractivity contribution in [2.24, 2.45) is 23.0 Å². The van der Waals surface area contributed by atoms with Gasteiger partial charge >= 0.3 is 0 Å². The van der Waals surface area contributed by atoms with Crippen LogP contribution in [0.2, 0.25) is 0 Å². The van der Waals surface area contributed by atoms with Gasteiger partial charge in [0.05, 0.1) is 0 Å². The summed E-state index contributed by atoms with van der Waals surface area (Å²) in [4.78, 5) is 11.0. The van der Waals surface area contributed by atoms with Gasteiger partial charge in [0, 0.05) is 5.92 Å². The highest BCUT2D eigenvalue weighted by molar-refractivity contribution is 5.81. The Labute approximate surface area is 72.7 Å². The molecule has 1 amide bonds. The molecule has 0 aromatic heterocycles. The van der Waals surface area contributed by atoms with E-state index in [-0.39, 0.29) is 17.2 Å². The molecule has 1 heterocycles. The van der Waals surface area contributed by atoms with Crippen LogP contribution in [-0.2, 0) is 4.79 Å². The average Bonchev–Trinajstić information content (AvgIpc) is 2.57. The molecule has 1 aliphatic heterocycles. The number of nitrogens with two attached hydrogens (primary N) is 1. The van der Waals surface area contributed by atoms with Gasteiger partial charge in [0.25, 0.3) is 0 Å². The summed E-state index contributed by atoms with van der Waals surface area (Å²) in [6, 6.07) is 0. The Kier molecular flexibility index (Phi) is 1.65. The Morgan fingerprint density at radius 3 is 2.50 bits per heavy atom. The number of primary amides is 1. The number of hydrogen-bond acceptors (Lipinski definition) is 2. The molecule has 1 saturated heterocycles. The van der Waals surface area contributed by atoms with Crippen molar-refractivity contribution in [3.8, 4) is 0 Å². The first-order chi connectivity index (χ1) is 5.68. The van der Waals surface area contributed by atoms with Crippen molar-refractivity contribution in [2.75, 3.05) is 13.1 Å².